The molecule has 3 heterocycles. The van der Waals surface area contributed by atoms with E-state index >= 15 is 0 Å². The first kappa shape index (κ1) is 39.7. The highest BCUT2D eigenvalue weighted by Crippen LogP contribution is 2.39. The van der Waals surface area contributed by atoms with Gasteiger partial charge in [0.25, 0.3) is 5.91 Å². The van der Waals surface area contributed by atoms with E-state index < -0.39 is 29.3 Å². The Labute approximate surface area is 311 Å². The van der Waals surface area contributed by atoms with Crippen LogP contribution in [0, 0.1) is 0 Å². The van der Waals surface area contributed by atoms with Crippen molar-refractivity contribution in [2.75, 3.05) is 18.2 Å². The number of allylic oxidation sites excluding steroid dienone is 1. The summed E-state index contributed by atoms with van der Waals surface area (Å²) in [6.45, 7) is 5.45. The Morgan fingerprint density at radius 1 is 1.04 bits per heavy atom. The van der Waals surface area contributed by atoms with Gasteiger partial charge < -0.3 is 25.8 Å². The van der Waals surface area contributed by atoms with Gasteiger partial charge >= 0.3 is 18.2 Å². The van der Waals surface area contributed by atoms with E-state index in [-0.39, 0.29) is 35.3 Å². The molecule has 2 amide bonds. The molecule has 1 fully saturated rings. The number of nitrogens with zero attached hydrogens (tertiary/aromatic N) is 4. The molecule has 5 rings (SSSR count). The summed E-state index contributed by atoms with van der Waals surface area (Å²) in [7, 11) is 1.38. The smallest absolute Gasteiger partial charge is 0.416 e. The number of carbonyl (C=O) groups excluding carboxylic acids is 3. The molecule has 1 aliphatic carbocycles. The lowest BCUT2D eigenvalue weighted by Crippen LogP contribution is -2.41. The molecule has 54 heavy (non-hydrogen) atoms. The lowest BCUT2D eigenvalue weighted by molar-refractivity contribution is -0.140. The molecule has 0 aliphatic heterocycles. The molecular formula is C39H46F3N7O5. The van der Waals surface area contributed by atoms with Gasteiger partial charge in [-0.25, -0.2) is 14.8 Å². The number of benzene rings is 1. The third-order valence-electron chi connectivity index (χ3n) is 9.02. The Kier molecular flexibility index (Phi) is 12.6. The molecule has 0 saturated heterocycles. The predicted molar refractivity (Wildman–Crippen MR) is 199 cm³/mol. The van der Waals surface area contributed by atoms with Crippen molar-refractivity contribution in [2.45, 2.75) is 102 Å². The van der Waals surface area contributed by atoms with Crippen LogP contribution in [-0.4, -0.2) is 56.5 Å². The van der Waals surface area contributed by atoms with Gasteiger partial charge in [-0.3, -0.25) is 14.3 Å². The van der Waals surface area contributed by atoms with Crippen molar-refractivity contribution < 1.29 is 37.0 Å². The van der Waals surface area contributed by atoms with Gasteiger partial charge in [-0.2, -0.15) is 18.3 Å². The summed E-state index contributed by atoms with van der Waals surface area (Å²) in [5.41, 5.74) is 7.97. The lowest BCUT2D eigenvalue weighted by atomic mass is 9.91. The SMILES string of the molecule is COC(=O)CCCCC/C=C/c1cnc(N)c2c(-c3ccc(C(=O)Nc4cc(C(F)(F)F)ccn4)cc3)nn([C@@H]3CCC[C@@H](NC(=O)OC(C)(C)C)C3)c12. The topological polar surface area (TPSA) is 163 Å². The van der Waals surface area contributed by atoms with Crippen molar-refractivity contribution in [3.8, 4) is 11.3 Å². The van der Waals surface area contributed by atoms with Crippen molar-refractivity contribution >= 4 is 46.6 Å². The second-order valence-electron chi connectivity index (χ2n) is 14.3. The van der Waals surface area contributed by atoms with Gasteiger partial charge in [0.05, 0.1) is 29.6 Å². The van der Waals surface area contributed by atoms with Crippen molar-refractivity contribution in [1.82, 2.24) is 25.1 Å². The minimum Gasteiger partial charge on any atom is -0.469 e. The second-order valence-corrected chi connectivity index (χ2v) is 14.3. The maximum absolute atomic E-state index is 13.2. The van der Waals surface area contributed by atoms with E-state index in [1.807, 2.05) is 31.5 Å². The third-order valence-corrected chi connectivity index (χ3v) is 9.02. The number of carbonyl (C=O) groups is 3. The van der Waals surface area contributed by atoms with E-state index in [9.17, 15) is 27.6 Å². The molecule has 15 heteroatoms. The quantitative estimate of drug-likeness (QED) is 0.0952. The zero-order chi connectivity index (χ0) is 39.0. The largest absolute Gasteiger partial charge is 0.469 e. The highest BCUT2D eigenvalue weighted by atomic mass is 19.4. The summed E-state index contributed by atoms with van der Waals surface area (Å²) < 4.78 is 51.8. The number of aromatic nitrogens is 4. The summed E-state index contributed by atoms with van der Waals surface area (Å²) in [4.78, 5) is 45.5. The van der Waals surface area contributed by atoms with Gasteiger partial charge in [-0.1, -0.05) is 30.7 Å². The Balaban J connectivity index is 1.44. The van der Waals surface area contributed by atoms with Crippen molar-refractivity contribution in [3.05, 3.63) is 71.6 Å². The number of unbranched alkanes of at least 4 members (excludes halogenated alkanes) is 3. The molecule has 12 nitrogen and oxygen atoms in total. The number of ether oxygens (including phenoxy) is 2. The van der Waals surface area contributed by atoms with Crippen LogP contribution in [0.5, 0.6) is 0 Å². The first-order chi connectivity index (χ1) is 25.6. The molecule has 1 aromatic carbocycles. The van der Waals surface area contributed by atoms with Crippen LogP contribution in [-0.2, 0) is 20.4 Å². The minimum absolute atomic E-state index is 0.104. The number of fused-ring (bicyclic) bond motifs is 1. The first-order valence-corrected chi connectivity index (χ1v) is 18.0. The highest BCUT2D eigenvalue weighted by Gasteiger charge is 2.32. The first-order valence-electron chi connectivity index (χ1n) is 18.0. The molecule has 3 aromatic heterocycles. The molecule has 0 unspecified atom stereocenters. The number of pyridine rings is 2. The van der Waals surface area contributed by atoms with Crippen LogP contribution < -0.4 is 16.4 Å². The van der Waals surface area contributed by atoms with E-state index in [1.54, 1.807) is 30.5 Å². The highest BCUT2D eigenvalue weighted by molar-refractivity contribution is 6.06. The van der Waals surface area contributed by atoms with Crippen LogP contribution in [0.15, 0.2) is 54.9 Å². The van der Waals surface area contributed by atoms with Crippen LogP contribution in [0.25, 0.3) is 28.2 Å². The van der Waals surface area contributed by atoms with Crippen LogP contribution in [0.4, 0.5) is 29.6 Å². The van der Waals surface area contributed by atoms with E-state index in [1.165, 1.54) is 7.11 Å². The number of nitrogens with two attached hydrogens (primary N) is 1. The minimum atomic E-state index is -4.58. The van der Waals surface area contributed by atoms with Gasteiger partial charge in [0.15, 0.2) is 0 Å². The fourth-order valence-electron chi connectivity index (χ4n) is 6.46. The molecule has 0 bridgehead atoms. The van der Waals surface area contributed by atoms with Crippen LogP contribution >= 0.6 is 0 Å². The fourth-order valence-corrected chi connectivity index (χ4v) is 6.46. The number of amides is 2. The molecular weight excluding hydrogens is 703 g/mol. The number of halogens is 3. The average Bonchev–Trinajstić information content (AvgIpc) is 3.53. The monoisotopic (exact) mass is 749 g/mol. The Morgan fingerprint density at radius 2 is 1.80 bits per heavy atom. The number of rotatable bonds is 12. The van der Waals surface area contributed by atoms with Gasteiger partial charge in [-0.05, 0) is 90.0 Å². The number of hydrogen-bond acceptors (Lipinski definition) is 9. The number of alkyl carbamates (subject to hydrolysis) is 1. The fraction of sp³-hybridized carbons (Fsp3) is 0.436. The Hall–Kier alpha value is -5.47. The van der Waals surface area contributed by atoms with E-state index in [0.717, 1.165) is 74.4 Å². The lowest BCUT2D eigenvalue weighted by Gasteiger charge is -2.31. The van der Waals surface area contributed by atoms with Gasteiger partial charge in [-0.15, -0.1) is 0 Å². The van der Waals surface area contributed by atoms with Crippen molar-refractivity contribution in [1.29, 1.82) is 0 Å². The third kappa shape index (κ3) is 10.4. The molecule has 4 N–H and O–H groups in total. The zero-order valence-electron chi connectivity index (χ0n) is 30.8. The number of nitrogens with one attached hydrogen (secondary N) is 2. The van der Waals surface area contributed by atoms with Gasteiger partial charge in [0, 0.05) is 41.5 Å². The number of alkyl halides is 3. The van der Waals surface area contributed by atoms with Crippen molar-refractivity contribution in [3.63, 3.8) is 0 Å². The molecule has 1 aliphatic rings. The standard InChI is InChI=1S/C39H46F3N7O5/c1-38(2,3)54-37(52)46-28-12-10-13-29(22-28)49-34-26(11-8-6-5-7-9-14-31(50)53-4)23-45-35(43)32(34)33(48-49)24-15-17-25(18-16-24)36(51)47-30-21-27(19-20-44-30)39(40,41)42/h8,11,15-21,23,28-29H,5-7,9-10,12-14,22H2,1-4H3,(H2,43,45)(H,46,52)(H,44,47,51)/b11-8+/t28-,29-/m1/s1. The van der Waals surface area contributed by atoms with Crippen LogP contribution in [0.2, 0.25) is 0 Å². The summed E-state index contributed by atoms with van der Waals surface area (Å²) >= 11 is 0. The molecule has 288 valence electrons. The van der Waals surface area contributed by atoms with Crippen LogP contribution in [0.1, 0.15) is 106 Å². The molecule has 0 spiro atoms. The Bertz CT molecular complexity index is 1990. The maximum Gasteiger partial charge on any atom is 0.416 e. The number of anilines is 2. The van der Waals surface area contributed by atoms with Gasteiger partial charge in [0.2, 0.25) is 0 Å². The van der Waals surface area contributed by atoms with E-state index in [2.05, 4.69) is 26.7 Å². The normalized spacial score (nSPS) is 16.4. The second kappa shape index (κ2) is 17.1. The number of nitrogen functional groups attached to an aromatic ring is 1. The summed E-state index contributed by atoms with van der Waals surface area (Å²) in [5.74, 6) is -0.811. The van der Waals surface area contributed by atoms with Crippen molar-refractivity contribution in [2.24, 2.45) is 0 Å². The van der Waals surface area contributed by atoms with Crippen LogP contribution in [0.3, 0.4) is 0 Å². The number of esters is 1. The molecule has 0 radical (unpaired) electrons. The predicted octanol–water partition coefficient (Wildman–Crippen LogP) is 8.49. The number of hydrogen-bond donors (Lipinski definition) is 3. The molecule has 2 atom stereocenters. The van der Waals surface area contributed by atoms with Gasteiger partial charge in [0.1, 0.15) is 22.9 Å². The number of methoxy groups -OCH3 is 1. The summed E-state index contributed by atoms with van der Waals surface area (Å²) in [5, 5.41) is 11.2. The maximum atomic E-state index is 13.2. The van der Waals surface area contributed by atoms with E-state index in [4.69, 9.17) is 20.3 Å². The Morgan fingerprint density at radius 3 is 2.50 bits per heavy atom. The molecule has 1 saturated carbocycles. The molecule has 4 aromatic rings. The summed E-state index contributed by atoms with van der Waals surface area (Å²) in [6.07, 6.45) is 8.37. The summed E-state index contributed by atoms with van der Waals surface area (Å²) in [6, 6.07) is 7.86. The van der Waals surface area contributed by atoms with E-state index in [0.29, 0.717) is 29.5 Å². The zero-order valence-corrected chi connectivity index (χ0v) is 30.8. The average molecular weight is 750 g/mol.